The van der Waals surface area contributed by atoms with Crippen molar-refractivity contribution < 1.29 is 0 Å². The topological polar surface area (TPSA) is 41.9 Å². The number of anilines is 1. The summed E-state index contributed by atoms with van der Waals surface area (Å²) in [6.07, 6.45) is 13.2. The number of pyridine rings is 1. The van der Waals surface area contributed by atoms with Crippen LogP contribution in [0.25, 0.3) is 17.3 Å². The van der Waals surface area contributed by atoms with E-state index in [9.17, 15) is 0 Å². The molecule has 0 unspecified atom stereocenters. The molecular formula is C16H16N4. The van der Waals surface area contributed by atoms with Crippen molar-refractivity contribution in [2.45, 2.75) is 19.3 Å². The van der Waals surface area contributed by atoms with Gasteiger partial charge >= 0.3 is 0 Å². The molecule has 0 atom stereocenters. The Bertz CT molecular complexity index is 672. The van der Waals surface area contributed by atoms with Crippen LogP contribution in [0.1, 0.15) is 24.1 Å². The molecular weight excluding hydrogens is 248 g/mol. The van der Waals surface area contributed by atoms with Crippen LogP contribution in [0.15, 0.2) is 30.7 Å². The minimum atomic E-state index is 0.940. The molecule has 1 aliphatic heterocycles. The van der Waals surface area contributed by atoms with Gasteiger partial charge in [-0.2, -0.15) is 0 Å². The third-order valence-corrected chi connectivity index (χ3v) is 3.97. The highest BCUT2D eigenvalue weighted by Gasteiger charge is 2.19. The first-order valence-electron chi connectivity index (χ1n) is 7.13. The Morgan fingerprint density at radius 1 is 1.00 bits per heavy atom. The lowest BCUT2D eigenvalue weighted by molar-refractivity contribution is 0.929. The second-order valence-electron chi connectivity index (χ2n) is 5.29. The predicted octanol–water partition coefficient (Wildman–Crippen LogP) is 2.71. The van der Waals surface area contributed by atoms with Crippen LogP contribution < -0.4 is 4.90 Å². The number of rotatable bonds is 2. The van der Waals surface area contributed by atoms with Crippen LogP contribution in [-0.2, 0) is 6.42 Å². The molecule has 3 heterocycles. The zero-order chi connectivity index (χ0) is 13.4. The number of aromatic nitrogens is 3. The number of hydrogen-bond acceptors (Lipinski definition) is 4. The van der Waals surface area contributed by atoms with Gasteiger partial charge in [-0.15, -0.1) is 0 Å². The molecule has 4 rings (SSSR count). The fourth-order valence-corrected chi connectivity index (χ4v) is 2.95. The fraction of sp³-hybridized carbons (Fsp3) is 0.312. The maximum Gasteiger partial charge on any atom is 0.155 e. The SMILES string of the molecule is C1=Cc2cc(-c3nccnc3N3CCCC3)cnc2C1. The Morgan fingerprint density at radius 3 is 2.75 bits per heavy atom. The number of nitrogens with zero attached hydrogens (tertiary/aromatic N) is 4. The molecule has 100 valence electrons. The summed E-state index contributed by atoms with van der Waals surface area (Å²) in [6, 6.07) is 2.18. The first kappa shape index (κ1) is 11.6. The third-order valence-electron chi connectivity index (χ3n) is 3.97. The molecule has 1 fully saturated rings. The molecule has 0 amide bonds. The van der Waals surface area contributed by atoms with E-state index in [1.165, 1.54) is 18.4 Å². The lowest BCUT2D eigenvalue weighted by atomic mass is 10.1. The van der Waals surface area contributed by atoms with E-state index in [1.807, 2.05) is 6.20 Å². The Morgan fingerprint density at radius 2 is 1.85 bits per heavy atom. The standard InChI is InChI=1S/C16H16N4/c1-2-9-20(8-1)16-15(17-6-7-18-16)13-10-12-4-3-5-14(12)19-11-13/h3-4,6-7,10-11H,1-2,5,8-9H2. The fourth-order valence-electron chi connectivity index (χ4n) is 2.95. The van der Waals surface area contributed by atoms with Gasteiger partial charge in [-0.1, -0.05) is 12.2 Å². The minimum absolute atomic E-state index is 0.940. The summed E-state index contributed by atoms with van der Waals surface area (Å²) in [7, 11) is 0. The average Bonchev–Trinajstić information content (AvgIpc) is 3.18. The van der Waals surface area contributed by atoms with E-state index >= 15 is 0 Å². The van der Waals surface area contributed by atoms with Gasteiger partial charge in [0.1, 0.15) is 5.69 Å². The van der Waals surface area contributed by atoms with E-state index < -0.39 is 0 Å². The number of fused-ring (bicyclic) bond motifs is 1. The summed E-state index contributed by atoms with van der Waals surface area (Å²) in [5, 5.41) is 0. The van der Waals surface area contributed by atoms with Gasteiger partial charge in [-0.3, -0.25) is 9.97 Å². The molecule has 0 radical (unpaired) electrons. The van der Waals surface area contributed by atoms with Gasteiger partial charge in [0.2, 0.25) is 0 Å². The Labute approximate surface area is 118 Å². The second-order valence-corrected chi connectivity index (χ2v) is 5.29. The van der Waals surface area contributed by atoms with Gasteiger partial charge in [0.25, 0.3) is 0 Å². The van der Waals surface area contributed by atoms with E-state index in [2.05, 4.69) is 38.1 Å². The van der Waals surface area contributed by atoms with Crippen LogP contribution in [0.5, 0.6) is 0 Å². The monoisotopic (exact) mass is 264 g/mol. The highest BCUT2D eigenvalue weighted by molar-refractivity contribution is 5.74. The van der Waals surface area contributed by atoms with Crippen molar-refractivity contribution in [1.82, 2.24) is 15.0 Å². The first-order valence-corrected chi connectivity index (χ1v) is 7.13. The quantitative estimate of drug-likeness (QED) is 0.836. The molecule has 1 saturated heterocycles. The highest BCUT2D eigenvalue weighted by atomic mass is 15.2. The molecule has 0 saturated carbocycles. The Balaban J connectivity index is 1.80. The summed E-state index contributed by atoms with van der Waals surface area (Å²) < 4.78 is 0. The third kappa shape index (κ3) is 1.88. The largest absolute Gasteiger partial charge is 0.355 e. The number of hydrogen-bond donors (Lipinski definition) is 0. The predicted molar refractivity (Wildman–Crippen MR) is 79.4 cm³/mol. The molecule has 0 aromatic carbocycles. The van der Waals surface area contributed by atoms with Gasteiger partial charge < -0.3 is 4.90 Å². The van der Waals surface area contributed by atoms with Crippen molar-refractivity contribution in [3.05, 3.63) is 42.0 Å². The van der Waals surface area contributed by atoms with E-state index in [-0.39, 0.29) is 0 Å². The van der Waals surface area contributed by atoms with Crippen LogP contribution >= 0.6 is 0 Å². The maximum absolute atomic E-state index is 4.55. The van der Waals surface area contributed by atoms with Crippen LogP contribution in [0, 0.1) is 0 Å². The van der Waals surface area contributed by atoms with Crippen LogP contribution in [0.3, 0.4) is 0 Å². The molecule has 4 nitrogen and oxygen atoms in total. The van der Waals surface area contributed by atoms with E-state index in [0.29, 0.717) is 0 Å². The summed E-state index contributed by atoms with van der Waals surface area (Å²) in [6.45, 7) is 2.15. The van der Waals surface area contributed by atoms with Gasteiger partial charge in [0.15, 0.2) is 5.82 Å². The lowest BCUT2D eigenvalue weighted by Gasteiger charge is -2.19. The maximum atomic E-state index is 4.55. The van der Waals surface area contributed by atoms with E-state index in [4.69, 9.17) is 0 Å². The molecule has 2 aromatic rings. The highest BCUT2D eigenvalue weighted by Crippen LogP contribution is 2.30. The van der Waals surface area contributed by atoms with Gasteiger partial charge in [0, 0.05) is 43.7 Å². The molecule has 0 N–H and O–H groups in total. The minimum Gasteiger partial charge on any atom is -0.355 e. The lowest BCUT2D eigenvalue weighted by Crippen LogP contribution is -2.20. The smallest absolute Gasteiger partial charge is 0.155 e. The summed E-state index contributed by atoms with van der Waals surface area (Å²) in [5.74, 6) is 0.994. The van der Waals surface area contributed by atoms with E-state index in [0.717, 1.165) is 42.3 Å². The summed E-state index contributed by atoms with van der Waals surface area (Å²) in [4.78, 5) is 16.0. The van der Waals surface area contributed by atoms with Gasteiger partial charge in [-0.25, -0.2) is 4.98 Å². The van der Waals surface area contributed by atoms with Crippen LogP contribution in [0.4, 0.5) is 5.82 Å². The second kappa shape index (κ2) is 4.71. The summed E-state index contributed by atoms with van der Waals surface area (Å²) >= 11 is 0. The van der Waals surface area contributed by atoms with Crippen molar-refractivity contribution in [3.8, 4) is 11.3 Å². The molecule has 1 aliphatic carbocycles. The van der Waals surface area contributed by atoms with Crippen LogP contribution in [-0.4, -0.2) is 28.0 Å². The van der Waals surface area contributed by atoms with Crippen molar-refractivity contribution >= 4 is 11.9 Å². The molecule has 20 heavy (non-hydrogen) atoms. The molecule has 2 aromatic heterocycles. The Hall–Kier alpha value is -2.23. The Kier molecular flexibility index (Phi) is 2.73. The zero-order valence-corrected chi connectivity index (χ0v) is 11.3. The van der Waals surface area contributed by atoms with E-state index in [1.54, 1.807) is 12.4 Å². The van der Waals surface area contributed by atoms with Crippen LogP contribution in [0.2, 0.25) is 0 Å². The van der Waals surface area contributed by atoms with Crippen molar-refractivity contribution in [3.63, 3.8) is 0 Å². The van der Waals surface area contributed by atoms with Crippen molar-refractivity contribution in [2.75, 3.05) is 18.0 Å². The molecule has 0 bridgehead atoms. The summed E-state index contributed by atoms with van der Waals surface area (Å²) in [5.41, 5.74) is 4.37. The molecule has 0 spiro atoms. The van der Waals surface area contributed by atoms with Crippen molar-refractivity contribution in [2.24, 2.45) is 0 Å². The van der Waals surface area contributed by atoms with Crippen molar-refractivity contribution in [1.29, 1.82) is 0 Å². The molecule has 2 aliphatic rings. The molecule has 4 heteroatoms. The normalized spacial score (nSPS) is 16.7. The first-order chi connectivity index (χ1) is 9.92. The number of allylic oxidation sites excluding steroid dienone is 1. The van der Waals surface area contributed by atoms with Gasteiger partial charge in [0.05, 0.1) is 5.69 Å². The zero-order valence-electron chi connectivity index (χ0n) is 11.3. The van der Waals surface area contributed by atoms with Gasteiger partial charge in [-0.05, 0) is 24.5 Å². The average molecular weight is 264 g/mol.